The maximum atomic E-state index is 6.32. The van der Waals surface area contributed by atoms with Crippen molar-refractivity contribution < 1.29 is 4.74 Å². The molecule has 0 spiro atoms. The number of hydrogen-bond acceptors (Lipinski definition) is 4. The Balaban J connectivity index is 2.29. The van der Waals surface area contributed by atoms with Gasteiger partial charge in [-0.25, -0.2) is 5.84 Å². The van der Waals surface area contributed by atoms with Gasteiger partial charge in [-0.3, -0.25) is 0 Å². The van der Waals surface area contributed by atoms with E-state index in [1.165, 1.54) is 10.7 Å². The minimum absolute atomic E-state index is 0.00990. The van der Waals surface area contributed by atoms with Crippen LogP contribution < -0.4 is 15.7 Å². The molecule has 4 nitrogen and oxygen atoms in total. The molecule has 0 bridgehead atoms. The van der Waals surface area contributed by atoms with Gasteiger partial charge < -0.3 is 4.74 Å². The lowest BCUT2D eigenvalue weighted by molar-refractivity contribution is 0.298. The van der Waals surface area contributed by atoms with Crippen molar-refractivity contribution in [2.45, 2.75) is 52.9 Å². The van der Waals surface area contributed by atoms with Crippen LogP contribution in [0.15, 0.2) is 59.8 Å². The average Bonchev–Trinajstić information content (AvgIpc) is 2.59. The summed E-state index contributed by atoms with van der Waals surface area (Å²) in [6.07, 6.45) is 9.84. The van der Waals surface area contributed by atoms with Crippen molar-refractivity contribution in [1.82, 2.24) is 0 Å². The normalized spacial score (nSPS) is 15.7. The van der Waals surface area contributed by atoms with Gasteiger partial charge in [-0.05, 0) is 53.5 Å². The third-order valence-corrected chi connectivity index (χ3v) is 4.46. The summed E-state index contributed by atoms with van der Waals surface area (Å²) in [5, 5.41) is 5.94. The summed E-state index contributed by atoms with van der Waals surface area (Å²) < 4.78 is 6.05. The van der Waals surface area contributed by atoms with Crippen LogP contribution in [-0.2, 0) is 5.41 Å². The van der Waals surface area contributed by atoms with Crippen molar-refractivity contribution in [3.05, 3.63) is 60.2 Å². The van der Waals surface area contributed by atoms with Crippen LogP contribution in [-0.4, -0.2) is 12.3 Å². The van der Waals surface area contributed by atoms with Gasteiger partial charge in [-0.15, -0.1) is 0 Å². The number of rotatable bonds is 7. The number of nitrogens with zero attached hydrogens (tertiary/aromatic N) is 2. The summed E-state index contributed by atoms with van der Waals surface area (Å²) in [5.41, 5.74) is 3.53. The highest BCUT2D eigenvalue weighted by Gasteiger charge is 2.19. The molecule has 146 valence electrons. The summed E-state index contributed by atoms with van der Waals surface area (Å²) in [4.78, 5) is 0. The van der Waals surface area contributed by atoms with E-state index in [1.54, 1.807) is 0 Å². The van der Waals surface area contributed by atoms with E-state index in [0.717, 1.165) is 35.6 Å². The zero-order valence-corrected chi connectivity index (χ0v) is 17.3. The van der Waals surface area contributed by atoms with Gasteiger partial charge in [0.2, 0.25) is 0 Å². The zero-order valence-electron chi connectivity index (χ0n) is 17.3. The lowest BCUT2D eigenvalue weighted by Gasteiger charge is -2.24. The molecular weight excluding hydrogens is 334 g/mol. The van der Waals surface area contributed by atoms with Crippen LogP contribution in [0.1, 0.15) is 53.0 Å². The number of nitrogens with two attached hydrogens (primary N) is 1. The first kappa shape index (κ1) is 21.0. The topological polar surface area (TPSA) is 50.8 Å². The van der Waals surface area contributed by atoms with Crippen molar-refractivity contribution in [3.63, 3.8) is 0 Å². The molecule has 0 aliphatic heterocycles. The molecule has 0 unspecified atom stereocenters. The molecular formula is C23H33N3O. The smallest absolute Gasteiger partial charge is 0.146 e. The molecule has 0 saturated carbocycles. The lowest BCUT2D eigenvalue weighted by atomic mass is 9.87. The molecule has 0 aromatic heterocycles. The number of hydrazone groups is 1. The fraction of sp³-hybridized carbons (Fsp3) is 0.435. The minimum atomic E-state index is 0.00990. The first-order valence-electron chi connectivity index (χ1n) is 9.63. The Morgan fingerprint density at radius 1 is 1.19 bits per heavy atom. The van der Waals surface area contributed by atoms with Gasteiger partial charge in [0.15, 0.2) is 0 Å². The third kappa shape index (κ3) is 6.10. The summed E-state index contributed by atoms with van der Waals surface area (Å²) >= 11 is 0. The largest absolute Gasteiger partial charge is 0.491 e. The van der Waals surface area contributed by atoms with E-state index in [9.17, 15) is 0 Å². The molecule has 1 aromatic carbocycles. The van der Waals surface area contributed by atoms with Crippen LogP contribution in [0, 0.1) is 5.92 Å². The van der Waals surface area contributed by atoms with Crippen LogP contribution in [0.2, 0.25) is 0 Å². The van der Waals surface area contributed by atoms with E-state index in [0.29, 0.717) is 12.5 Å². The van der Waals surface area contributed by atoms with Crippen molar-refractivity contribution in [2.24, 2.45) is 16.9 Å². The lowest BCUT2D eigenvalue weighted by Crippen LogP contribution is -2.28. The number of ether oxygens (including phenoxy) is 1. The van der Waals surface area contributed by atoms with E-state index in [-0.39, 0.29) is 5.41 Å². The molecule has 0 radical (unpaired) electrons. The van der Waals surface area contributed by atoms with Gasteiger partial charge in [0.05, 0.1) is 12.3 Å². The highest BCUT2D eigenvalue weighted by atomic mass is 16.5. The number of hydrogen-bond donors (Lipinski definition) is 1. The molecule has 4 heteroatoms. The van der Waals surface area contributed by atoms with Crippen LogP contribution in [0.5, 0.6) is 5.75 Å². The Bertz CT molecular complexity index is 751. The van der Waals surface area contributed by atoms with Gasteiger partial charge in [0, 0.05) is 0 Å². The van der Waals surface area contributed by atoms with Crippen molar-refractivity contribution >= 4 is 11.4 Å². The molecule has 0 heterocycles. The van der Waals surface area contributed by atoms with Crippen molar-refractivity contribution in [3.8, 4) is 5.75 Å². The van der Waals surface area contributed by atoms with Gasteiger partial charge in [-0.1, -0.05) is 65.5 Å². The predicted molar refractivity (Wildman–Crippen MR) is 116 cm³/mol. The van der Waals surface area contributed by atoms with Crippen LogP contribution in [0.3, 0.4) is 0 Å². The summed E-state index contributed by atoms with van der Waals surface area (Å²) in [6, 6.07) is 6.16. The summed E-state index contributed by atoms with van der Waals surface area (Å²) in [6.45, 7) is 15.7. The number of benzene rings is 1. The molecule has 1 aromatic rings. The van der Waals surface area contributed by atoms with Crippen LogP contribution >= 0.6 is 0 Å². The van der Waals surface area contributed by atoms with Gasteiger partial charge in [0.1, 0.15) is 11.4 Å². The second-order valence-corrected chi connectivity index (χ2v) is 8.39. The maximum Gasteiger partial charge on any atom is 0.146 e. The first-order valence-corrected chi connectivity index (χ1v) is 9.63. The van der Waals surface area contributed by atoms with Gasteiger partial charge >= 0.3 is 0 Å². The number of anilines is 1. The minimum Gasteiger partial charge on any atom is -0.491 e. The second kappa shape index (κ2) is 9.05. The van der Waals surface area contributed by atoms with E-state index < -0.39 is 0 Å². The monoisotopic (exact) mass is 367 g/mol. The Kier molecular flexibility index (Phi) is 7.03. The molecule has 0 fully saturated rings. The Hall–Kier alpha value is -2.33. The fourth-order valence-corrected chi connectivity index (χ4v) is 2.74. The van der Waals surface area contributed by atoms with E-state index >= 15 is 0 Å². The molecule has 0 amide bonds. The Morgan fingerprint density at radius 3 is 2.52 bits per heavy atom. The molecule has 1 aliphatic rings. The van der Waals surface area contributed by atoms with E-state index in [2.05, 4.69) is 58.4 Å². The van der Waals surface area contributed by atoms with E-state index in [1.807, 2.05) is 30.4 Å². The van der Waals surface area contributed by atoms with Crippen LogP contribution in [0.25, 0.3) is 0 Å². The average molecular weight is 368 g/mol. The Labute approximate surface area is 164 Å². The SMILES string of the molecule is C=C1C=CC=C/C1=N/N(N)c1cc(C(C)(C)C)ccc1OCCCC(C)C. The molecule has 2 N–H and O–H groups in total. The Morgan fingerprint density at radius 2 is 1.89 bits per heavy atom. The maximum absolute atomic E-state index is 6.32. The van der Waals surface area contributed by atoms with Crippen molar-refractivity contribution in [1.29, 1.82) is 0 Å². The predicted octanol–water partition coefficient (Wildman–Crippen LogP) is 5.52. The highest BCUT2D eigenvalue weighted by molar-refractivity contribution is 6.11. The number of allylic oxidation sites excluding steroid dienone is 5. The van der Waals surface area contributed by atoms with Crippen molar-refractivity contribution in [2.75, 3.05) is 11.7 Å². The quantitative estimate of drug-likeness (QED) is 0.392. The molecule has 2 rings (SSSR count). The molecule has 0 atom stereocenters. The van der Waals surface area contributed by atoms with E-state index in [4.69, 9.17) is 10.6 Å². The summed E-state index contributed by atoms with van der Waals surface area (Å²) in [7, 11) is 0. The zero-order chi connectivity index (χ0) is 20.0. The second-order valence-electron chi connectivity index (χ2n) is 8.39. The van der Waals surface area contributed by atoms with Crippen LogP contribution in [0.4, 0.5) is 5.69 Å². The number of hydrazine groups is 1. The third-order valence-electron chi connectivity index (χ3n) is 4.46. The highest BCUT2D eigenvalue weighted by Crippen LogP contribution is 2.33. The molecule has 1 aliphatic carbocycles. The molecule has 27 heavy (non-hydrogen) atoms. The fourth-order valence-electron chi connectivity index (χ4n) is 2.74. The van der Waals surface area contributed by atoms with Gasteiger partial charge in [0.25, 0.3) is 0 Å². The van der Waals surface area contributed by atoms with Gasteiger partial charge in [-0.2, -0.15) is 10.2 Å². The standard InChI is InChI=1S/C23H33N3O/c1-17(2)10-9-15-27-22-14-13-19(23(4,5)6)16-21(22)26(24)25-20-12-8-7-11-18(20)3/h7-8,11-14,16-17H,3,9-10,15,24H2,1-2,4-6H3/b25-20-. The summed E-state index contributed by atoms with van der Waals surface area (Å²) in [5.74, 6) is 7.74. The molecule has 0 saturated heterocycles. The first-order chi connectivity index (χ1) is 12.7.